The lowest BCUT2D eigenvalue weighted by atomic mass is 9.77. The van der Waals surface area contributed by atoms with Crippen molar-refractivity contribution in [1.82, 2.24) is 15.0 Å². The maximum atomic E-state index is 6.09. The Hall–Kier alpha value is -1.76. The number of fused-ring (bicyclic) bond motifs is 1. The molecule has 0 unspecified atom stereocenters. The smallest absolute Gasteiger partial charge is 0.133 e. The molecule has 2 aliphatic heterocycles. The predicted molar refractivity (Wildman–Crippen MR) is 91.8 cm³/mol. The van der Waals surface area contributed by atoms with Gasteiger partial charge in [0.1, 0.15) is 5.76 Å². The van der Waals surface area contributed by atoms with Crippen LogP contribution in [0.3, 0.4) is 0 Å². The highest BCUT2D eigenvalue weighted by Crippen LogP contribution is 2.41. The van der Waals surface area contributed by atoms with Crippen molar-refractivity contribution in [2.75, 3.05) is 26.3 Å². The fourth-order valence-corrected chi connectivity index (χ4v) is 4.06. The molecule has 2 atom stereocenters. The summed E-state index contributed by atoms with van der Waals surface area (Å²) in [5.41, 5.74) is 2.19. The van der Waals surface area contributed by atoms with E-state index in [-0.39, 0.29) is 5.41 Å². The predicted octanol–water partition coefficient (Wildman–Crippen LogP) is 2.58. The molecule has 0 radical (unpaired) electrons. The zero-order valence-corrected chi connectivity index (χ0v) is 14.7. The molecule has 6 heteroatoms. The summed E-state index contributed by atoms with van der Waals surface area (Å²) in [6.07, 6.45) is 6.05. The van der Waals surface area contributed by atoms with Gasteiger partial charge >= 0.3 is 0 Å². The molecule has 2 aromatic rings. The lowest BCUT2D eigenvalue weighted by molar-refractivity contribution is -0.0689. The summed E-state index contributed by atoms with van der Waals surface area (Å²) in [6.45, 7) is 6.93. The van der Waals surface area contributed by atoms with Crippen LogP contribution in [0.25, 0.3) is 0 Å². The minimum Gasteiger partial charge on any atom is -0.377 e. The number of hydrogen-bond donors (Lipinski definition) is 0. The van der Waals surface area contributed by atoms with Gasteiger partial charge in [-0.15, -0.1) is 0 Å². The molecule has 2 saturated heterocycles. The van der Waals surface area contributed by atoms with Crippen LogP contribution >= 0.6 is 0 Å². The van der Waals surface area contributed by atoms with Crippen molar-refractivity contribution < 1.29 is 14.0 Å². The highest BCUT2D eigenvalue weighted by Gasteiger charge is 2.48. The van der Waals surface area contributed by atoms with Gasteiger partial charge in [0.05, 0.1) is 25.0 Å². The van der Waals surface area contributed by atoms with Crippen LogP contribution in [0.2, 0.25) is 0 Å². The van der Waals surface area contributed by atoms with E-state index in [1.54, 1.807) is 6.20 Å². The Bertz CT molecular complexity index is 690. The number of aryl methyl sites for hydroxylation is 1. The van der Waals surface area contributed by atoms with E-state index >= 15 is 0 Å². The van der Waals surface area contributed by atoms with Gasteiger partial charge in [-0.2, -0.15) is 0 Å². The summed E-state index contributed by atoms with van der Waals surface area (Å²) in [4.78, 5) is 6.60. The second kappa shape index (κ2) is 7.23. The normalized spacial score (nSPS) is 26.7. The van der Waals surface area contributed by atoms with Crippen molar-refractivity contribution in [2.24, 2.45) is 5.41 Å². The molecule has 6 nitrogen and oxygen atoms in total. The monoisotopic (exact) mass is 343 g/mol. The van der Waals surface area contributed by atoms with Crippen LogP contribution in [-0.2, 0) is 22.6 Å². The van der Waals surface area contributed by atoms with Crippen molar-refractivity contribution in [2.45, 2.75) is 39.0 Å². The largest absolute Gasteiger partial charge is 0.377 e. The Labute approximate surface area is 148 Å². The molecule has 2 aliphatic rings. The second-order valence-electron chi connectivity index (χ2n) is 7.25. The minimum absolute atomic E-state index is 0.0826. The van der Waals surface area contributed by atoms with Gasteiger partial charge in [0, 0.05) is 50.1 Å². The van der Waals surface area contributed by atoms with Gasteiger partial charge in [0.15, 0.2) is 0 Å². The highest BCUT2D eigenvalue weighted by atomic mass is 16.5. The molecule has 0 aromatic carbocycles. The summed E-state index contributed by atoms with van der Waals surface area (Å²) in [5.74, 6) is 0.864. The van der Waals surface area contributed by atoms with Crippen LogP contribution in [0.4, 0.5) is 0 Å². The molecule has 0 amide bonds. The van der Waals surface area contributed by atoms with E-state index in [0.29, 0.717) is 12.7 Å². The molecule has 134 valence electrons. The summed E-state index contributed by atoms with van der Waals surface area (Å²) in [5, 5.41) is 4.13. The fraction of sp³-hybridized carbons (Fsp3) is 0.579. The number of piperidine rings is 1. The summed E-state index contributed by atoms with van der Waals surface area (Å²) < 4.78 is 17.3. The lowest BCUT2D eigenvalue weighted by Gasteiger charge is -2.43. The van der Waals surface area contributed by atoms with Gasteiger partial charge in [-0.25, -0.2) is 0 Å². The summed E-state index contributed by atoms with van der Waals surface area (Å²) in [7, 11) is 0. The molecule has 4 rings (SSSR count). The molecular weight excluding hydrogens is 318 g/mol. The molecule has 2 aromatic heterocycles. The van der Waals surface area contributed by atoms with Crippen molar-refractivity contribution in [1.29, 1.82) is 0 Å². The number of ether oxygens (including phenoxy) is 2. The third-order valence-electron chi connectivity index (χ3n) is 5.29. The number of rotatable bonds is 6. The van der Waals surface area contributed by atoms with E-state index in [4.69, 9.17) is 14.0 Å². The molecule has 0 spiro atoms. The van der Waals surface area contributed by atoms with Gasteiger partial charge in [-0.1, -0.05) is 11.2 Å². The molecule has 2 fully saturated rings. The highest BCUT2D eigenvalue weighted by molar-refractivity contribution is 5.07. The SMILES string of the molecule is Cc1cc(CN2CC[C@H]3OCC[C@@]3(COCc3cccnc3)C2)no1. The quantitative estimate of drug-likeness (QED) is 0.803. The fourth-order valence-electron chi connectivity index (χ4n) is 4.06. The maximum Gasteiger partial charge on any atom is 0.133 e. The Morgan fingerprint density at radius 3 is 3.20 bits per heavy atom. The van der Waals surface area contributed by atoms with E-state index < -0.39 is 0 Å². The van der Waals surface area contributed by atoms with Crippen LogP contribution < -0.4 is 0 Å². The van der Waals surface area contributed by atoms with Gasteiger partial charge in [-0.05, 0) is 31.4 Å². The zero-order valence-electron chi connectivity index (χ0n) is 14.7. The molecule has 0 N–H and O–H groups in total. The van der Waals surface area contributed by atoms with Crippen LogP contribution in [0, 0.1) is 12.3 Å². The second-order valence-corrected chi connectivity index (χ2v) is 7.25. The van der Waals surface area contributed by atoms with Crippen LogP contribution in [-0.4, -0.2) is 47.4 Å². The summed E-state index contributed by atoms with van der Waals surface area (Å²) in [6, 6.07) is 6.01. The Morgan fingerprint density at radius 1 is 1.44 bits per heavy atom. The topological polar surface area (TPSA) is 60.6 Å². The number of aromatic nitrogens is 2. The van der Waals surface area contributed by atoms with E-state index in [1.165, 1.54) is 0 Å². The zero-order chi connectivity index (χ0) is 17.1. The Morgan fingerprint density at radius 2 is 2.40 bits per heavy atom. The average Bonchev–Trinajstić information content (AvgIpc) is 3.22. The van der Waals surface area contributed by atoms with E-state index in [2.05, 4.69) is 15.0 Å². The third kappa shape index (κ3) is 3.76. The number of likely N-dealkylation sites (tertiary alicyclic amines) is 1. The molecule has 25 heavy (non-hydrogen) atoms. The standard InChI is InChI=1S/C19H25N3O3/c1-15-9-17(21-25-15)11-22-7-4-18-19(13-22,5-8-24-18)14-23-12-16-3-2-6-20-10-16/h2-3,6,9-10,18H,4-5,7-8,11-14H2,1H3/t18-,19+/m1/s1. The van der Waals surface area contributed by atoms with Crippen LogP contribution in [0.5, 0.6) is 0 Å². The van der Waals surface area contributed by atoms with Gasteiger partial charge in [0.25, 0.3) is 0 Å². The number of nitrogens with zero attached hydrogens (tertiary/aromatic N) is 3. The van der Waals surface area contributed by atoms with Crippen molar-refractivity contribution in [3.8, 4) is 0 Å². The third-order valence-corrected chi connectivity index (χ3v) is 5.29. The minimum atomic E-state index is 0.0826. The van der Waals surface area contributed by atoms with Crippen molar-refractivity contribution in [3.05, 3.63) is 47.6 Å². The van der Waals surface area contributed by atoms with Gasteiger partial charge in [-0.3, -0.25) is 9.88 Å². The first-order chi connectivity index (χ1) is 12.2. The Kier molecular flexibility index (Phi) is 4.83. The Balaban J connectivity index is 1.38. The number of hydrogen-bond acceptors (Lipinski definition) is 6. The first kappa shape index (κ1) is 16.7. The van der Waals surface area contributed by atoms with Crippen molar-refractivity contribution in [3.63, 3.8) is 0 Å². The lowest BCUT2D eigenvalue weighted by Crippen LogP contribution is -2.51. The first-order valence-corrected chi connectivity index (χ1v) is 8.96. The average molecular weight is 343 g/mol. The van der Waals surface area contributed by atoms with Gasteiger partial charge < -0.3 is 14.0 Å². The van der Waals surface area contributed by atoms with Crippen LogP contribution in [0.15, 0.2) is 35.1 Å². The maximum absolute atomic E-state index is 6.09. The molecule has 0 saturated carbocycles. The van der Waals surface area contributed by atoms with E-state index in [1.807, 2.05) is 31.3 Å². The summed E-state index contributed by atoms with van der Waals surface area (Å²) >= 11 is 0. The first-order valence-electron chi connectivity index (χ1n) is 8.96. The molecular formula is C19H25N3O3. The van der Waals surface area contributed by atoms with Crippen molar-refractivity contribution >= 4 is 0 Å². The van der Waals surface area contributed by atoms with Gasteiger partial charge in [0.2, 0.25) is 0 Å². The molecule has 0 bridgehead atoms. The molecule has 4 heterocycles. The van der Waals surface area contributed by atoms with E-state index in [0.717, 1.165) is 62.7 Å². The van der Waals surface area contributed by atoms with Crippen LogP contribution in [0.1, 0.15) is 29.9 Å². The molecule has 0 aliphatic carbocycles. The number of pyridine rings is 1. The van der Waals surface area contributed by atoms with E-state index in [9.17, 15) is 0 Å².